The molecule has 2 aliphatic rings. The van der Waals surface area contributed by atoms with Crippen molar-refractivity contribution in [3.05, 3.63) is 23.8 Å². The minimum Gasteiger partial charge on any atom is -0.482 e. The number of hydrogen-bond donors (Lipinski definition) is 2. The molecule has 1 aromatic carbocycles. The highest BCUT2D eigenvalue weighted by Gasteiger charge is 2.21. The molecule has 1 aliphatic carbocycles. The summed E-state index contributed by atoms with van der Waals surface area (Å²) in [4.78, 5) is 23.4. The largest absolute Gasteiger partial charge is 0.482 e. The Morgan fingerprint density at radius 2 is 2.10 bits per heavy atom. The first kappa shape index (κ1) is 13.9. The summed E-state index contributed by atoms with van der Waals surface area (Å²) in [5.74, 6) is 0.843. The van der Waals surface area contributed by atoms with E-state index in [1.807, 2.05) is 18.2 Å². The molecule has 3 rings (SSSR count). The molecule has 1 aromatic rings. The molecule has 2 N–H and O–H groups in total. The van der Waals surface area contributed by atoms with Gasteiger partial charge in [-0.1, -0.05) is 25.3 Å². The van der Waals surface area contributed by atoms with Gasteiger partial charge in [-0.05, 0) is 30.5 Å². The van der Waals surface area contributed by atoms with Crippen LogP contribution < -0.4 is 15.4 Å². The molecule has 0 radical (unpaired) electrons. The molecule has 1 fully saturated rings. The number of benzene rings is 1. The third-order valence-electron chi connectivity index (χ3n) is 4.12. The minimum absolute atomic E-state index is 0.0603. The quantitative estimate of drug-likeness (QED) is 0.896. The molecule has 5 heteroatoms. The second-order valence-corrected chi connectivity index (χ2v) is 5.72. The molecular weight excluding hydrogens is 268 g/mol. The first-order chi connectivity index (χ1) is 10.2. The van der Waals surface area contributed by atoms with Crippen molar-refractivity contribution in [3.8, 4) is 5.75 Å². The summed E-state index contributed by atoms with van der Waals surface area (Å²) in [6.45, 7) is 0.545. The van der Waals surface area contributed by atoms with E-state index in [-0.39, 0.29) is 24.3 Å². The van der Waals surface area contributed by atoms with Crippen LogP contribution in [-0.2, 0) is 16.1 Å². The van der Waals surface area contributed by atoms with Crippen molar-refractivity contribution >= 4 is 17.5 Å². The van der Waals surface area contributed by atoms with E-state index in [9.17, 15) is 9.59 Å². The Kier molecular flexibility index (Phi) is 4.08. The molecule has 0 spiro atoms. The standard InChI is InChI=1S/C16H20N2O3/c19-15-10-21-14-7-6-11(8-13(14)18-15)9-17-16(20)12-4-2-1-3-5-12/h6-8,12H,1-5,9-10H2,(H,17,20)(H,18,19). The topological polar surface area (TPSA) is 67.4 Å². The summed E-state index contributed by atoms with van der Waals surface area (Å²) in [5.41, 5.74) is 1.64. The Labute approximate surface area is 124 Å². The number of anilines is 1. The zero-order valence-corrected chi connectivity index (χ0v) is 12.0. The molecule has 2 amide bonds. The molecule has 5 nitrogen and oxygen atoms in total. The Morgan fingerprint density at radius 3 is 2.90 bits per heavy atom. The van der Waals surface area contributed by atoms with E-state index in [4.69, 9.17) is 4.74 Å². The first-order valence-corrected chi connectivity index (χ1v) is 7.55. The lowest BCUT2D eigenvalue weighted by Crippen LogP contribution is -2.31. The van der Waals surface area contributed by atoms with E-state index >= 15 is 0 Å². The lowest BCUT2D eigenvalue weighted by atomic mass is 9.88. The zero-order chi connectivity index (χ0) is 14.7. The van der Waals surface area contributed by atoms with Gasteiger partial charge in [-0.15, -0.1) is 0 Å². The number of carbonyl (C=O) groups excluding carboxylic acids is 2. The van der Waals surface area contributed by atoms with Crippen LogP contribution in [0.3, 0.4) is 0 Å². The van der Waals surface area contributed by atoms with Crippen molar-refractivity contribution < 1.29 is 14.3 Å². The van der Waals surface area contributed by atoms with Crippen LogP contribution in [0.5, 0.6) is 5.75 Å². The van der Waals surface area contributed by atoms with Gasteiger partial charge in [0.05, 0.1) is 5.69 Å². The van der Waals surface area contributed by atoms with E-state index in [1.165, 1.54) is 6.42 Å². The van der Waals surface area contributed by atoms with Gasteiger partial charge in [0, 0.05) is 12.5 Å². The Hall–Kier alpha value is -2.04. The summed E-state index contributed by atoms with van der Waals surface area (Å²) < 4.78 is 5.31. The summed E-state index contributed by atoms with van der Waals surface area (Å²) in [7, 11) is 0. The van der Waals surface area contributed by atoms with Gasteiger partial charge in [0.15, 0.2) is 6.61 Å². The molecule has 1 aliphatic heterocycles. The van der Waals surface area contributed by atoms with Gasteiger partial charge in [0.25, 0.3) is 5.91 Å². The summed E-state index contributed by atoms with van der Waals surface area (Å²) in [5, 5.41) is 5.77. The van der Waals surface area contributed by atoms with Crippen LogP contribution in [0, 0.1) is 5.92 Å². The maximum absolute atomic E-state index is 12.1. The van der Waals surface area contributed by atoms with Crippen LogP contribution in [0.2, 0.25) is 0 Å². The maximum Gasteiger partial charge on any atom is 0.262 e. The van der Waals surface area contributed by atoms with Crippen LogP contribution in [0.1, 0.15) is 37.7 Å². The molecule has 0 saturated heterocycles. The number of ether oxygens (including phenoxy) is 1. The van der Waals surface area contributed by atoms with Gasteiger partial charge < -0.3 is 15.4 Å². The second kappa shape index (κ2) is 6.16. The number of carbonyl (C=O) groups is 2. The number of amides is 2. The fourth-order valence-corrected chi connectivity index (χ4v) is 2.94. The zero-order valence-electron chi connectivity index (χ0n) is 12.0. The Morgan fingerprint density at radius 1 is 1.29 bits per heavy atom. The lowest BCUT2D eigenvalue weighted by Gasteiger charge is -2.21. The van der Waals surface area contributed by atoms with Gasteiger partial charge in [-0.2, -0.15) is 0 Å². The molecule has 0 unspecified atom stereocenters. The first-order valence-electron chi connectivity index (χ1n) is 7.55. The van der Waals surface area contributed by atoms with E-state index in [0.29, 0.717) is 18.0 Å². The summed E-state index contributed by atoms with van der Waals surface area (Å²) in [6, 6.07) is 5.60. The predicted molar refractivity (Wildman–Crippen MR) is 79.0 cm³/mol. The number of nitrogens with one attached hydrogen (secondary N) is 2. The smallest absolute Gasteiger partial charge is 0.262 e. The van der Waals surface area contributed by atoms with Crippen molar-refractivity contribution in [2.45, 2.75) is 38.6 Å². The maximum atomic E-state index is 12.1. The van der Waals surface area contributed by atoms with Crippen LogP contribution in [0.25, 0.3) is 0 Å². The summed E-state index contributed by atoms with van der Waals surface area (Å²) >= 11 is 0. The van der Waals surface area contributed by atoms with Crippen LogP contribution in [0.15, 0.2) is 18.2 Å². The average molecular weight is 288 g/mol. The highest BCUT2D eigenvalue weighted by atomic mass is 16.5. The van der Waals surface area contributed by atoms with Gasteiger partial charge in [-0.25, -0.2) is 0 Å². The average Bonchev–Trinajstić information content (AvgIpc) is 2.53. The van der Waals surface area contributed by atoms with Gasteiger partial charge >= 0.3 is 0 Å². The minimum atomic E-state index is -0.147. The van der Waals surface area contributed by atoms with Crippen molar-refractivity contribution in [1.82, 2.24) is 5.32 Å². The molecular formula is C16H20N2O3. The lowest BCUT2D eigenvalue weighted by molar-refractivity contribution is -0.126. The molecule has 0 bridgehead atoms. The molecule has 0 atom stereocenters. The van der Waals surface area contributed by atoms with E-state index in [2.05, 4.69) is 10.6 Å². The van der Waals surface area contributed by atoms with Crippen LogP contribution in [-0.4, -0.2) is 18.4 Å². The Bertz CT molecular complexity index is 550. The second-order valence-electron chi connectivity index (χ2n) is 5.72. The fraction of sp³-hybridized carbons (Fsp3) is 0.500. The number of fused-ring (bicyclic) bond motifs is 1. The van der Waals surface area contributed by atoms with Crippen molar-refractivity contribution in [2.24, 2.45) is 5.92 Å². The van der Waals surface area contributed by atoms with Gasteiger partial charge in [0.2, 0.25) is 5.91 Å². The molecule has 1 heterocycles. The molecule has 0 aromatic heterocycles. The molecule has 21 heavy (non-hydrogen) atoms. The van der Waals surface area contributed by atoms with E-state index in [0.717, 1.165) is 31.2 Å². The van der Waals surface area contributed by atoms with Crippen molar-refractivity contribution in [1.29, 1.82) is 0 Å². The molecule has 1 saturated carbocycles. The predicted octanol–water partition coefficient (Wildman–Crippen LogP) is 2.21. The van der Waals surface area contributed by atoms with Crippen molar-refractivity contribution in [3.63, 3.8) is 0 Å². The Balaban J connectivity index is 1.59. The van der Waals surface area contributed by atoms with E-state index in [1.54, 1.807) is 0 Å². The number of rotatable bonds is 3. The molecule has 112 valence electrons. The van der Waals surface area contributed by atoms with Crippen LogP contribution >= 0.6 is 0 Å². The highest BCUT2D eigenvalue weighted by molar-refractivity contribution is 5.95. The van der Waals surface area contributed by atoms with E-state index < -0.39 is 0 Å². The normalized spacial score (nSPS) is 18.4. The monoisotopic (exact) mass is 288 g/mol. The van der Waals surface area contributed by atoms with Gasteiger partial charge in [0.1, 0.15) is 5.75 Å². The SMILES string of the molecule is O=C1COc2ccc(CNC(=O)C3CCCCC3)cc2N1. The fourth-order valence-electron chi connectivity index (χ4n) is 2.94. The third-order valence-corrected chi connectivity index (χ3v) is 4.12. The van der Waals surface area contributed by atoms with Gasteiger partial charge in [-0.3, -0.25) is 9.59 Å². The highest BCUT2D eigenvalue weighted by Crippen LogP contribution is 2.28. The third kappa shape index (κ3) is 3.35. The van der Waals surface area contributed by atoms with Crippen LogP contribution in [0.4, 0.5) is 5.69 Å². The number of hydrogen-bond acceptors (Lipinski definition) is 3. The summed E-state index contributed by atoms with van der Waals surface area (Å²) in [6.07, 6.45) is 5.55. The van der Waals surface area contributed by atoms with Crippen molar-refractivity contribution in [2.75, 3.05) is 11.9 Å².